The minimum absolute atomic E-state index is 0.866. The maximum Gasteiger partial charge on any atom is 0.207 e. The Morgan fingerprint density at radius 2 is 2.33 bits per heavy atom. The third kappa shape index (κ3) is 2.15. The largest absolute Gasteiger partial charge is 0.355 e. The van der Waals surface area contributed by atoms with Gasteiger partial charge < -0.3 is 5.32 Å². The number of nitrogens with one attached hydrogen (secondary N) is 1. The Labute approximate surface area is 89.0 Å². The second kappa shape index (κ2) is 4.59. The van der Waals surface area contributed by atoms with Crippen molar-refractivity contribution in [3.8, 4) is 5.69 Å². The molecule has 2 aromatic rings. The van der Waals surface area contributed by atoms with E-state index in [0.29, 0.717) is 0 Å². The van der Waals surface area contributed by atoms with Crippen LogP contribution in [0.15, 0.2) is 36.9 Å². The number of pyridine rings is 1. The lowest BCUT2D eigenvalue weighted by Gasteiger charge is -2.08. The van der Waals surface area contributed by atoms with Crippen molar-refractivity contribution >= 4 is 5.95 Å². The van der Waals surface area contributed by atoms with Gasteiger partial charge in [-0.1, -0.05) is 6.92 Å². The quantitative estimate of drug-likeness (QED) is 0.825. The van der Waals surface area contributed by atoms with Crippen LogP contribution in [0.25, 0.3) is 5.69 Å². The molecule has 4 nitrogen and oxygen atoms in total. The van der Waals surface area contributed by atoms with Crippen molar-refractivity contribution in [3.63, 3.8) is 0 Å². The van der Waals surface area contributed by atoms with Crippen molar-refractivity contribution in [3.05, 3.63) is 36.9 Å². The minimum atomic E-state index is 0.866. The molecule has 0 unspecified atom stereocenters. The Kier molecular flexibility index (Phi) is 2.97. The summed E-state index contributed by atoms with van der Waals surface area (Å²) in [5.41, 5.74) is 1.02. The van der Waals surface area contributed by atoms with Crippen LogP contribution in [0.4, 0.5) is 5.95 Å². The van der Waals surface area contributed by atoms with E-state index < -0.39 is 0 Å². The first kappa shape index (κ1) is 9.71. The second-order valence-electron chi connectivity index (χ2n) is 3.26. The minimum Gasteiger partial charge on any atom is -0.355 e. The van der Waals surface area contributed by atoms with Crippen molar-refractivity contribution in [2.75, 3.05) is 11.9 Å². The van der Waals surface area contributed by atoms with Crippen LogP contribution >= 0.6 is 0 Å². The average molecular weight is 202 g/mol. The van der Waals surface area contributed by atoms with Gasteiger partial charge in [0.2, 0.25) is 5.95 Å². The van der Waals surface area contributed by atoms with Gasteiger partial charge in [0.15, 0.2) is 0 Å². The number of anilines is 1. The van der Waals surface area contributed by atoms with E-state index in [-0.39, 0.29) is 0 Å². The number of hydrogen-bond acceptors (Lipinski definition) is 3. The zero-order valence-corrected chi connectivity index (χ0v) is 8.72. The summed E-state index contributed by atoms with van der Waals surface area (Å²) in [5.74, 6) is 0.866. The summed E-state index contributed by atoms with van der Waals surface area (Å²) in [6, 6.07) is 3.92. The number of rotatable bonds is 4. The molecule has 2 rings (SSSR count). The lowest BCUT2D eigenvalue weighted by Crippen LogP contribution is -2.06. The Balaban J connectivity index is 2.25. The molecule has 78 valence electrons. The van der Waals surface area contributed by atoms with Gasteiger partial charge in [0.25, 0.3) is 0 Å². The Morgan fingerprint density at radius 3 is 3.07 bits per heavy atom. The highest BCUT2D eigenvalue weighted by Gasteiger charge is 2.02. The first-order chi connectivity index (χ1) is 7.42. The van der Waals surface area contributed by atoms with Gasteiger partial charge in [-0.15, -0.1) is 0 Å². The molecule has 0 saturated heterocycles. The Morgan fingerprint density at radius 1 is 1.40 bits per heavy atom. The van der Waals surface area contributed by atoms with Crippen LogP contribution in [0.5, 0.6) is 0 Å². The van der Waals surface area contributed by atoms with Crippen LogP contribution in [-0.2, 0) is 0 Å². The van der Waals surface area contributed by atoms with E-state index in [9.17, 15) is 0 Å². The second-order valence-corrected chi connectivity index (χ2v) is 3.26. The van der Waals surface area contributed by atoms with Gasteiger partial charge in [-0.25, -0.2) is 4.98 Å². The lowest BCUT2D eigenvalue weighted by atomic mass is 10.4. The van der Waals surface area contributed by atoms with E-state index in [1.165, 1.54) is 0 Å². The summed E-state index contributed by atoms with van der Waals surface area (Å²) < 4.78 is 1.99. The van der Waals surface area contributed by atoms with Crippen molar-refractivity contribution in [1.82, 2.24) is 14.5 Å². The highest BCUT2D eigenvalue weighted by molar-refractivity contribution is 5.39. The first-order valence-corrected chi connectivity index (χ1v) is 5.09. The smallest absolute Gasteiger partial charge is 0.207 e. The molecule has 0 atom stereocenters. The molecule has 0 spiro atoms. The predicted molar refractivity (Wildman–Crippen MR) is 60.1 cm³/mol. The van der Waals surface area contributed by atoms with E-state index in [4.69, 9.17) is 0 Å². The zero-order chi connectivity index (χ0) is 10.5. The first-order valence-electron chi connectivity index (χ1n) is 5.09. The zero-order valence-electron chi connectivity index (χ0n) is 8.72. The third-order valence-corrected chi connectivity index (χ3v) is 2.10. The summed E-state index contributed by atoms with van der Waals surface area (Å²) in [6.45, 7) is 3.06. The maximum atomic E-state index is 4.25. The van der Waals surface area contributed by atoms with Gasteiger partial charge in [-0.2, -0.15) is 0 Å². The topological polar surface area (TPSA) is 42.7 Å². The molecule has 0 aromatic carbocycles. The monoisotopic (exact) mass is 202 g/mol. The fourth-order valence-electron chi connectivity index (χ4n) is 1.38. The third-order valence-electron chi connectivity index (χ3n) is 2.10. The molecule has 0 aliphatic carbocycles. The normalized spacial score (nSPS) is 10.2. The molecular weight excluding hydrogens is 188 g/mol. The van der Waals surface area contributed by atoms with E-state index in [1.54, 1.807) is 12.4 Å². The standard InChI is InChI=1S/C11H14N4/c1-2-5-13-11-14-7-8-15(11)10-4-3-6-12-9-10/h3-4,6-9H,2,5H2,1H3,(H,13,14). The molecule has 4 heteroatoms. The highest BCUT2D eigenvalue weighted by atomic mass is 15.2. The van der Waals surface area contributed by atoms with Crippen LogP contribution in [0.2, 0.25) is 0 Å². The number of hydrogen-bond donors (Lipinski definition) is 1. The number of imidazole rings is 1. The van der Waals surface area contributed by atoms with Crippen molar-refractivity contribution < 1.29 is 0 Å². The fourth-order valence-corrected chi connectivity index (χ4v) is 1.38. The SMILES string of the molecule is CCCNc1nccn1-c1cccnc1. The Hall–Kier alpha value is -1.84. The van der Waals surface area contributed by atoms with Crippen molar-refractivity contribution in [1.29, 1.82) is 0 Å². The summed E-state index contributed by atoms with van der Waals surface area (Å²) in [4.78, 5) is 8.34. The molecule has 0 aliphatic rings. The molecule has 0 radical (unpaired) electrons. The molecule has 0 aliphatic heterocycles. The van der Waals surface area contributed by atoms with E-state index >= 15 is 0 Å². The summed E-state index contributed by atoms with van der Waals surface area (Å²) >= 11 is 0. The van der Waals surface area contributed by atoms with Crippen molar-refractivity contribution in [2.24, 2.45) is 0 Å². The van der Waals surface area contributed by atoms with Gasteiger partial charge in [0.05, 0.1) is 11.9 Å². The molecule has 1 N–H and O–H groups in total. The van der Waals surface area contributed by atoms with Gasteiger partial charge in [-0.3, -0.25) is 9.55 Å². The summed E-state index contributed by atoms with van der Waals surface area (Å²) in [6.07, 6.45) is 8.37. The van der Waals surface area contributed by atoms with Gasteiger partial charge in [0, 0.05) is 25.1 Å². The van der Waals surface area contributed by atoms with Crippen LogP contribution < -0.4 is 5.32 Å². The van der Waals surface area contributed by atoms with Crippen molar-refractivity contribution in [2.45, 2.75) is 13.3 Å². The molecule has 2 heterocycles. The summed E-state index contributed by atoms with van der Waals surface area (Å²) in [5, 5.41) is 3.27. The van der Waals surface area contributed by atoms with Crippen LogP contribution in [0.3, 0.4) is 0 Å². The van der Waals surface area contributed by atoms with Crippen LogP contribution in [0, 0.1) is 0 Å². The average Bonchev–Trinajstić information content (AvgIpc) is 2.75. The fraction of sp³-hybridized carbons (Fsp3) is 0.273. The molecule has 15 heavy (non-hydrogen) atoms. The highest BCUT2D eigenvalue weighted by Crippen LogP contribution is 2.12. The van der Waals surface area contributed by atoms with E-state index in [2.05, 4.69) is 22.2 Å². The molecule has 2 aromatic heterocycles. The summed E-state index contributed by atoms with van der Waals surface area (Å²) in [7, 11) is 0. The van der Waals surface area contributed by atoms with Gasteiger partial charge >= 0.3 is 0 Å². The molecule has 0 bridgehead atoms. The number of aromatic nitrogens is 3. The maximum absolute atomic E-state index is 4.25. The van der Waals surface area contributed by atoms with E-state index in [0.717, 1.165) is 24.6 Å². The van der Waals surface area contributed by atoms with Crippen LogP contribution in [-0.4, -0.2) is 21.1 Å². The van der Waals surface area contributed by atoms with Crippen LogP contribution in [0.1, 0.15) is 13.3 Å². The number of nitrogens with zero attached hydrogens (tertiary/aromatic N) is 3. The lowest BCUT2D eigenvalue weighted by molar-refractivity contribution is 0.934. The molecule has 0 amide bonds. The predicted octanol–water partition coefficient (Wildman–Crippen LogP) is 2.09. The van der Waals surface area contributed by atoms with E-state index in [1.807, 2.05) is 29.1 Å². The molecule has 0 fully saturated rings. The molecule has 0 saturated carbocycles. The van der Waals surface area contributed by atoms with Gasteiger partial charge in [-0.05, 0) is 18.6 Å². The Bertz CT molecular complexity index is 408. The van der Waals surface area contributed by atoms with Gasteiger partial charge in [0.1, 0.15) is 0 Å². The molecular formula is C11H14N4.